The third-order valence-electron chi connectivity index (χ3n) is 9.83. The zero-order valence-corrected chi connectivity index (χ0v) is 35.6. The van der Waals surface area contributed by atoms with Crippen LogP contribution in [0.25, 0.3) is 0 Å². The molecule has 0 heterocycles. The fourth-order valence-corrected chi connectivity index (χ4v) is 7.83. The van der Waals surface area contributed by atoms with Crippen molar-refractivity contribution in [3.05, 3.63) is 23.3 Å². The fourth-order valence-electron chi connectivity index (χ4n) is 3.90. The molecule has 2 atom stereocenters. The van der Waals surface area contributed by atoms with E-state index in [0.717, 1.165) is 0 Å². The number of hydrogen-bond acceptors (Lipinski definition) is 7. The van der Waals surface area contributed by atoms with Crippen LogP contribution in [0, 0.1) is 0 Å². The van der Waals surface area contributed by atoms with Gasteiger partial charge >= 0.3 is 11.9 Å². The zero-order chi connectivity index (χ0) is 35.8. The summed E-state index contributed by atoms with van der Waals surface area (Å²) >= 11 is 0. The maximum Gasteiger partial charge on any atom is 0.333 e. The van der Waals surface area contributed by atoms with E-state index < -0.39 is 25.0 Å². The Morgan fingerprint density at radius 3 is 1.07 bits per heavy atom. The minimum Gasteiger partial charge on any atom is -0.463 e. The van der Waals surface area contributed by atoms with E-state index in [1.165, 1.54) is 0 Å². The second kappa shape index (κ2) is 16.9. The molecule has 0 aliphatic heterocycles. The molecule has 0 amide bonds. The largest absolute Gasteiger partial charge is 0.463 e. The van der Waals surface area contributed by atoms with Gasteiger partial charge in [-0.1, -0.05) is 62.3 Å². The standard InChI is InChI=1S/C35H70O7Si3/c1-20-38-31(36)26(3)22-28(40-43(14,15)33(5,6)7)24-30(42-45(18,19)35(11,12)13)25-29(23-27(4)32(37)39-21-2)41-44(16,17)34(8,9)10/h22-23,28-30H,20-21,24-25H2,1-19H3/b26-22+,27-23+/t28-,29-/m0/s1. The first kappa shape index (κ1) is 44.0. The maximum atomic E-state index is 12.7. The van der Waals surface area contributed by atoms with Gasteiger partial charge in [-0.15, -0.1) is 0 Å². The molecule has 0 spiro atoms. The highest BCUT2D eigenvalue weighted by atomic mass is 28.4. The van der Waals surface area contributed by atoms with Crippen LogP contribution in [0.5, 0.6) is 0 Å². The number of rotatable bonds is 16. The van der Waals surface area contributed by atoms with Crippen LogP contribution in [0.1, 0.15) is 103 Å². The summed E-state index contributed by atoms with van der Waals surface area (Å²) < 4.78 is 31.8. The average molecular weight is 687 g/mol. The van der Waals surface area contributed by atoms with Gasteiger partial charge in [-0.2, -0.15) is 0 Å². The minimum absolute atomic E-state index is 0.0236. The quantitative estimate of drug-likeness (QED) is 0.0908. The van der Waals surface area contributed by atoms with Crippen LogP contribution in [0.2, 0.25) is 54.4 Å². The molecule has 0 bridgehead atoms. The summed E-state index contributed by atoms with van der Waals surface area (Å²) in [6, 6.07) is 0. The van der Waals surface area contributed by atoms with Crippen LogP contribution in [-0.4, -0.2) is 68.4 Å². The predicted molar refractivity (Wildman–Crippen MR) is 196 cm³/mol. The van der Waals surface area contributed by atoms with Gasteiger partial charge in [-0.3, -0.25) is 0 Å². The van der Waals surface area contributed by atoms with Crippen molar-refractivity contribution in [2.75, 3.05) is 13.2 Å². The summed E-state index contributed by atoms with van der Waals surface area (Å²) in [6.07, 6.45) is 3.93. The number of ether oxygens (including phenoxy) is 2. The van der Waals surface area contributed by atoms with Crippen molar-refractivity contribution in [1.82, 2.24) is 0 Å². The third-order valence-corrected chi connectivity index (χ3v) is 23.4. The van der Waals surface area contributed by atoms with E-state index in [4.69, 9.17) is 22.8 Å². The Bertz CT molecular complexity index is 957. The Kier molecular flexibility index (Phi) is 16.5. The van der Waals surface area contributed by atoms with E-state index in [1.807, 2.05) is 26.0 Å². The lowest BCUT2D eigenvalue weighted by atomic mass is 10.0. The summed E-state index contributed by atoms with van der Waals surface area (Å²) in [5, 5.41) is -0.0788. The van der Waals surface area contributed by atoms with Gasteiger partial charge in [0.2, 0.25) is 0 Å². The van der Waals surface area contributed by atoms with E-state index in [1.54, 1.807) is 13.8 Å². The van der Waals surface area contributed by atoms with Gasteiger partial charge in [-0.05, 0) is 94.2 Å². The van der Waals surface area contributed by atoms with Gasteiger partial charge in [0, 0.05) is 24.0 Å². The minimum atomic E-state index is -2.25. The Balaban J connectivity index is 7.11. The van der Waals surface area contributed by atoms with E-state index in [9.17, 15) is 9.59 Å². The van der Waals surface area contributed by atoms with Crippen LogP contribution < -0.4 is 0 Å². The van der Waals surface area contributed by atoms with Crippen molar-refractivity contribution in [2.24, 2.45) is 0 Å². The third kappa shape index (κ3) is 14.3. The summed E-state index contributed by atoms with van der Waals surface area (Å²) in [6.45, 7) is 41.3. The first-order valence-electron chi connectivity index (χ1n) is 16.8. The average Bonchev–Trinajstić information content (AvgIpc) is 2.81. The van der Waals surface area contributed by atoms with Crippen LogP contribution in [0.15, 0.2) is 23.3 Å². The van der Waals surface area contributed by atoms with E-state index >= 15 is 0 Å². The Labute approximate surface area is 280 Å². The van der Waals surface area contributed by atoms with Crippen molar-refractivity contribution in [1.29, 1.82) is 0 Å². The molecule has 0 radical (unpaired) electrons. The van der Waals surface area contributed by atoms with Gasteiger partial charge in [0.1, 0.15) is 0 Å². The molecule has 7 nitrogen and oxygen atoms in total. The molecule has 0 saturated carbocycles. The van der Waals surface area contributed by atoms with Crippen molar-refractivity contribution in [2.45, 2.75) is 176 Å². The summed E-state index contributed by atoms with van der Waals surface area (Å²) in [5.41, 5.74) is 1.05. The van der Waals surface area contributed by atoms with Crippen molar-refractivity contribution in [3.63, 3.8) is 0 Å². The molecule has 0 fully saturated rings. The number of carbonyl (C=O) groups is 2. The molecule has 45 heavy (non-hydrogen) atoms. The summed E-state index contributed by atoms with van der Waals surface area (Å²) in [4.78, 5) is 25.5. The molecule has 0 N–H and O–H groups in total. The first-order chi connectivity index (χ1) is 20.0. The molecular weight excluding hydrogens is 617 g/mol. The predicted octanol–water partition coefficient (Wildman–Crippen LogP) is 9.96. The van der Waals surface area contributed by atoms with Gasteiger partial charge in [-0.25, -0.2) is 9.59 Å². The van der Waals surface area contributed by atoms with Crippen LogP contribution >= 0.6 is 0 Å². The molecule has 0 aromatic heterocycles. The molecule has 0 unspecified atom stereocenters. The van der Waals surface area contributed by atoms with Crippen LogP contribution in [-0.2, 0) is 32.3 Å². The number of esters is 2. The normalized spacial score (nSPS) is 16.7. The molecule has 0 rings (SSSR count). The molecule has 0 aliphatic carbocycles. The number of carbonyl (C=O) groups excluding carboxylic acids is 2. The Morgan fingerprint density at radius 1 is 0.556 bits per heavy atom. The number of hydrogen-bond donors (Lipinski definition) is 0. The monoisotopic (exact) mass is 686 g/mol. The van der Waals surface area contributed by atoms with E-state index in [0.29, 0.717) is 37.2 Å². The highest BCUT2D eigenvalue weighted by Gasteiger charge is 2.44. The van der Waals surface area contributed by atoms with Crippen LogP contribution in [0.4, 0.5) is 0 Å². The lowest BCUT2D eigenvalue weighted by Crippen LogP contribution is -2.49. The topological polar surface area (TPSA) is 80.3 Å². The van der Waals surface area contributed by atoms with E-state index in [2.05, 4.69) is 102 Å². The second-order valence-electron chi connectivity index (χ2n) is 16.9. The van der Waals surface area contributed by atoms with Gasteiger partial charge in [0.05, 0.1) is 31.5 Å². The first-order valence-corrected chi connectivity index (χ1v) is 25.5. The SMILES string of the molecule is CCOC(=O)/C(C)=C/[C@@H](CC(C[C@H](/C=C(\C)C(=O)OCC)O[Si](C)(C)C(C)(C)C)O[Si](C)(C)C(C)(C)C)O[Si](C)(C)C(C)(C)C. The molecule has 264 valence electrons. The lowest BCUT2D eigenvalue weighted by molar-refractivity contribution is -0.139. The van der Waals surface area contributed by atoms with Gasteiger partial charge in [0.15, 0.2) is 25.0 Å². The van der Waals surface area contributed by atoms with Crippen molar-refractivity contribution in [3.8, 4) is 0 Å². The van der Waals surface area contributed by atoms with Gasteiger partial charge in [0.25, 0.3) is 0 Å². The summed E-state index contributed by atoms with van der Waals surface area (Å²) in [5.74, 6) is -0.675. The molecule has 0 aliphatic rings. The molecule has 10 heteroatoms. The molecular formula is C35H70O7Si3. The molecule has 0 saturated heterocycles. The fraction of sp³-hybridized carbons (Fsp3) is 0.829. The summed E-state index contributed by atoms with van der Waals surface area (Å²) in [7, 11) is -6.74. The van der Waals surface area contributed by atoms with Crippen LogP contribution in [0.3, 0.4) is 0 Å². The van der Waals surface area contributed by atoms with Gasteiger partial charge < -0.3 is 22.8 Å². The highest BCUT2D eigenvalue weighted by molar-refractivity contribution is 6.75. The van der Waals surface area contributed by atoms with E-state index in [-0.39, 0.29) is 45.4 Å². The molecule has 0 aromatic rings. The van der Waals surface area contributed by atoms with Crippen molar-refractivity contribution >= 4 is 36.9 Å². The second-order valence-corrected chi connectivity index (χ2v) is 31.2. The smallest absolute Gasteiger partial charge is 0.333 e. The highest BCUT2D eigenvalue weighted by Crippen LogP contribution is 2.42. The Hall–Kier alpha value is -1.05. The molecule has 0 aromatic carbocycles. The van der Waals surface area contributed by atoms with Crippen molar-refractivity contribution < 1.29 is 32.3 Å². The zero-order valence-electron chi connectivity index (χ0n) is 32.6. The lowest BCUT2D eigenvalue weighted by Gasteiger charge is -2.44. The Morgan fingerprint density at radius 2 is 0.822 bits per heavy atom. The maximum absolute atomic E-state index is 12.7.